The van der Waals surface area contributed by atoms with E-state index in [0.717, 1.165) is 56.7 Å². The second kappa shape index (κ2) is 10.2. The van der Waals surface area contributed by atoms with E-state index in [2.05, 4.69) is 22.2 Å². The van der Waals surface area contributed by atoms with Gasteiger partial charge in [0.1, 0.15) is 0 Å². The predicted molar refractivity (Wildman–Crippen MR) is 117 cm³/mol. The molecule has 1 heterocycles. The smallest absolute Gasteiger partial charge is 0.250 e. The van der Waals surface area contributed by atoms with E-state index in [1.54, 1.807) is 12.1 Å². The summed E-state index contributed by atoms with van der Waals surface area (Å²) < 4.78 is 0. The van der Waals surface area contributed by atoms with Crippen molar-refractivity contribution in [3.63, 3.8) is 0 Å². The molecule has 3 rings (SSSR count). The number of hydrogen-bond donors (Lipinski definition) is 2. The Hall–Kier alpha value is -2.70. The van der Waals surface area contributed by atoms with E-state index in [-0.39, 0.29) is 5.91 Å². The zero-order valence-electron chi connectivity index (χ0n) is 17.1. The summed E-state index contributed by atoms with van der Waals surface area (Å²) in [6.07, 6.45) is 2.26. The summed E-state index contributed by atoms with van der Waals surface area (Å²) in [6.45, 7) is 5.43. The van der Waals surface area contributed by atoms with Crippen LogP contribution in [0.5, 0.6) is 0 Å². The number of amides is 2. The van der Waals surface area contributed by atoms with Gasteiger partial charge in [0.15, 0.2) is 0 Å². The largest absolute Gasteiger partial charge is 0.366 e. The maximum Gasteiger partial charge on any atom is 0.250 e. The summed E-state index contributed by atoms with van der Waals surface area (Å²) in [6, 6.07) is 15.2. The Morgan fingerprint density at radius 2 is 1.69 bits per heavy atom. The van der Waals surface area contributed by atoms with Crippen molar-refractivity contribution in [1.29, 1.82) is 0 Å². The molecule has 3 N–H and O–H groups in total. The highest BCUT2D eigenvalue weighted by molar-refractivity contribution is 6.04. The van der Waals surface area contributed by atoms with Crippen LogP contribution < -0.4 is 11.1 Å². The average Bonchev–Trinajstić information content (AvgIpc) is 2.73. The molecule has 0 saturated carbocycles. The summed E-state index contributed by atoms with van der Waals surface area (Å²) in [4.78, 5) is 29.0. The van der Waals surface area contributed by atoms with E-state index >= 15 is 0 Å². The van der Waals surface area contributed by atoms with Crippen LogP contribution in [0.2, 0.25) is 0 Å². The summed E-state index contributed by atoms with van der Waals surface area (Å²) in [5.74, 6) is -0.633. The van der Waals surface area contributed by atoms with Gasteiger partial charge in [0.25, 0.3) is 5.91 Å². The quantitative estimate of drug-likeness (QED) is 0.675. The number of hydrogen-bond acceptors (Lipinski definition) is 4. The van der Waals surface area contributed by atoms with Crippen LogP contribution in [-0.2, 0) is 4.79 Å². The minimum absolute atomic E-state index is 0.0849. The van der Waals surface area contributed by atoms with Crippen molar-refractivity contribution >= 4 is 17.5 Å². The fourth-order valence-electron chi connectivity index (χ4n) is 3.57. The molecule has 1 aliphatic rings. The molecule has 0 bridgehead atoms. The van der Waals surface area contributed by atoms with E-state index < -0.39 is 5.91 Å². The molecule has 1 saturated heterocycles. The van der Waals surface area contributed by atoms with E-state index in [0.29, 0.717) is 17.7 Å². The molecule has 154 valence electrons. The molecule has 0 atom stereocenters. The SMILES string of the molecule is CN1CCN(CCCCC(=O)Nc2ccc(-c3ccccc3)cc2C(N)=O)CC1. The van der Waals surface area contributed by atoms with Gasteiger partial charge in [-0.25, -0.2) is 0 Å². The maximum atomic E-state index is 12.4. The average molecular weight is 395 g/mol. The molecule has 0 spiro atoms. The van der Waals surface area contributed by atoms with Crippen molar-refractivity contribution in [1.82, 2.24) is 9.80 Å². The number of anilines is 1. The van der Waals surface area contributed by atoms with Crippen molar-refractivity contribution < 1.29 is 9.59 Å². The van der Waals surface area contributed by atoms with Gasteiger partial charge in [0.2, 0.25) is 5.91 Å². The van der Waals surface area contributed by atoms with Gasteiger partial charge < -0.3 is 20.9 Å². The van der Waals surface area contributed by atoms with Crippen LogP contribution in [0.15, 0.2) is 48.5 Å². The van der Waals surface area contributed by atoms with Gasteiger partial charge in [-0.15, -0.1) is 0 Å². The summed E-state index contributed by atoms with van der Waals surface area (Å²) in [5.41, 5.74) is 8.25. The topological polar surface area (TPSA) is 78.7 Å². The maximum absolute atomic E-state index is 12.4. The Labute approximate surface area is 172 Å². The molecule has 0 unspecified atom stereocenters. The number of nitrogens with one attached hydrogen (secondary N) is 1. The van der Waals surface area contributed by atoms with Crippen LogP contribution in [0, 0.1) is 0 Å². The first-order chi connectivity index (χ1) is 14.0. The van der Waals surface area contributed by atoms with Crippen molar-refractivity contribution in [2.45, 2.75) is 19.3 Å². The van der Waals surface area contributed by atoms with Crippen molar-refractivity contribution in [2.75, 3.05) is 45.1 Å². The fourth-order valence-corrected chi connectivity index (χ4v) is 3.57. The zero-order chi connectivity index (χ0) is 20.6. The Morgan fingerprint density at radius 1 is 0.966 bits per heavy atom. The van der Waals surface area contributed by atoms with Gasteiger partial charge in [-0.3, -0.25) is 9.59 Å². The molecular weight excluding hydrogens is 364 g/mol. The number of carbonyl (C=O) groups excluding carboxylic acids is 2. The predicted octanol–water partition coefficient (Wildman–Crippen LogP) is 2.81. The number of rotatable bonds is 8. The van der Waals surface area contributed by atoms with E-state index in [4.69, 9.17) is 5.73 Å². The van der Waals surface area contributed by atoms with Crippen LogP contribution in [0.3, 0.4) is 0 Å². The van der Waals surface area contributed by atoms with Crippen molar-refractivity contribution in [2.24, 2.45) is 5.73 Å². The van der Waals surface area contributed by atoms with E-state index in [1.807, 2.05) is 36.4 Å². The second-order valence-electron chi connectivity index (χ2n) is 7.64. The minimum Gasteiger partial charge on any atom is -0.366 e. The fraction of sp³-hybridized carbons (Fsp3) is 0.391. The molecule has 6 heteroatoms. The Balaban J connectivity index is 1.52. The molecule has 2 aromatic carbocycles. The molecule has 0 aromatic heterocycles. The molecule has 0 radical (unpaired) electrons. The van der Waals surface area contributed by atoms with E-state index in [1.165, 1.54) is 0 Å². The van der Waals surface area contributed by atoms with Gasteiger partial charge in [-0.1, -0.05) is 36.4 Å². The Morgan fingerprint density at radius 3 is 2.38 bits per heavy atom. The number of piperazine rings is 1. The molecule has 2 amide bonds. The first kappa shape index (κ1) is 21.0. The number of unbranched alkanes of at least 4 members (excludes halogenated alkanes) is 1. The number of primary amides is 1. The van der Waals surface area contributed by atoms with Crippen LogP contribution >= 0.6 is 0 Å². The summed E-state index contributed by atoms with van der Waals surface area (Å²) in [5, 5.41) is 2.85. The Bertz CT molecular complexity index is 830. The third kappa shape index (κ3) is 6.14. The molecule has 1 aliphatic heterocycles. The monoisotopic (exact) mass is 394 g/mol. The number of likely N-dealkylation sites (N-methyl/N-ethyl adjacent to an activating group) is 1. The van der Waals surface area contributed by atoms with Gasteiger partial charge in [0, 0.05) is 32.6 Å². The molecular formula is C23H30N4O2. The second-order valence-corrected chi connectivity index (χ2v) is 7.64. The van der Waals surface area contributed by atoms with Gasteiger partial charge in [-0.2, -0.15) is 0 Å². The summed E-state index contributed by atoms with van der Waals surface area (Å²) in [7, 11) is 2.15. The molecule has 0 aliphatic carbocycles. The molecule has 1 fully saturated rings. The lowest BCUT2D eigenvalue weighted by atomic mass is 10.0. The van der Waals surface area contributed by atoms with Crippen LogP contribution in [0.1, 0.15) is 29.6 Å². The van der Waals surface area contributed by atoms with Gasteiger partial charge in [0.05, 0.1) is 11.3 Å². The first-order valence-corrected chi connectivity index (χ1v) is 10.2. The Kier molecular flexibility index (Phi) is 7.38. The van der Waals surface area contributed by atoms with Crippen LogP contribution in [0.25, 0.3) is 11.1 Å². The van der Waals surface area contributed by atoms with Crippen molar-refractivity contribution in [3.05, 3.63) is 54.1 Å². The molecule has 29 heavy (non-hydrogen) atoms. The lowest BCUT2D eigenvalue weighted by molar-refractivity contribution is -0.116. The third-order valence-electron chi connectivity index (χ3n) is 5.39. The molecule has 2 aromatic rings. The number of nitrogens with two attached hydrogens (primary N) is 1. The lowest BCUT2D eigenvalue weighted by Gasteiger charge is -2.32. The van der Waals surface area contributed by atoms with Crippen LogP contribution in [-0.4, -0.2) is 61.4 Å². The van der Waals surface area contributed by atoms with E-state index in [9.17, 15) is 9.59 Å². The standard InChI is InChI=1S/C23H30N4O2/c1-26-13-15-27(16-14-26)12-6-5-9-22(28)25-21-11-10-19(17-20(21)23(24)29)18-7-3-2-4-8-18/h2-4,7-8,10-11,17H,5-6,9,12-16H2,1H3,(H2,24,29)(H,25,28). The lowest BCUT2D eigenvalue weighted by Crippen LogP contribution is -2.44. The highest BCUT2D eigenvalue weighted by Gasteiger charge is 2.15. The highest BCUT2D eigenvalue weighted by atomic mass is 16.2. The number of carbonyl (C=O) groups is 2. The number of nitrogens with zero attached hydrogens (tertiary/aromatic N) is 2. The van der Waals surface area contributed by atoms with Gasteiger partial charge in [-0.05, 0) is 49.7 Å². The normalized spacial score (nSPS) is 15.2. The van der Waals surface area contributed by atoms with Gasteiger partial charge >= 0.3 is 0 Å². The van der Waals surface area contributed by atoms with Crippen molar-refractivity contribution in [3.8, 4) is 11.1 Å². The van der Waals surface area contributed by atoms with Crippen LogP contribution in [0.4, 0.5) is 5.69 Å². The summed E-state index contributed by atoms with van der Waals surface area (Å²) >= 11 is 0. The first-order valence-electron chi connectivity index (χ1n) is 10.2. The zero-order valence-corrected chi connectivity index (χ0v) is 17.1. The highest BCUT2D eigenvalue weighted by Crippen LogP contribution is 2.25. The minimum atomic E-state index is -0.548. The number of benzene rings is 2. The third-order valence-corrected chi connectivity index (χ3v) is 5.39. The molecule has 6 nitrogen and oxygen atoms in total.